The van der Waals surface area contributed by atoms with E-state index >= 15 is 0 Å². The van der Waals surface area contributed by atoms with E-state index in [0.29, 0.717) is 9.34 Å². The summed E-state index contributed by atoms with van der Waals surface area (Å²) in [5, 5.41) is 4.02. The van der Waals surface area contributed by atoms with E-state index in [2.05, 4.69) is 9.71 Å². The predicted molar refractivity (Wildman–Crippen MR) is 75.9 cm³/mol. The fourth-order valence-corrected chi connectivity index (χ4v) is 4.43. The highest BCUT2D eigenvalue weighted by Gasteiger charge is 2.21. The van der Waals surface area contributed by atoms with E-state index in [-0.39, 0.29) is 5.41 Å². The zero-order valence-electron chi connectivity index (χ0n) is 10.3. The van der Waals surface area contributed by atoms with E-state index in [1.807, 2.05) is 26.2 Å². The lowest BCUT2D eigenvalue weighted by Crippen LogP contribution is -2.14. The van der Waals surface area contributed by atoms with Crippen LogP contribution in [0.25, 0.3) is 0 Å². The van der Waals surface area contributed by atoms with Gasteiger partial charge in [0.25, 0.3) is 10.0 Å². The number of rotatable bonds is 3. The molecule has 1 N–H and O–H groups in total. The summed E-state index contributed by atoms with van der Waals surface area (Å²) in [5.74, 6) is 0. The normalized spacial score (nSPS) is 12.6. The van der Waals surface area contributed by atoms with Crippen molar-refractivity contribution in [3.8, 4) is 0 Å². The summed E-state index contributed by atoms with van der Waals surface area (Å²) in [7, 11) is -3.49. The smallest absolute Gasteiger partial charge is 0.254 e. The second-order valence-electron chi connectivity index (χ2n) is 4.83. The third-order valence-electron chi connectivity index (χ3n) is 2.25. The van der Waals surface area contributed by atoms with Crippen LogP contribution in [0.15, 0.2) is 27.1 Å². The van der Waals surface area contributed by atoms with E-state index in [1.54, 1.807) is 17.5 Å². The van der Waals surface area contributed by atoms with Crippen LogP contribution in [-0.4, -0.2) is 13.4 Å². The number of sulfonamides is 1. The van der Waals surface area contributed by atoms with Crippen molar-refractivity contribution in [3.63, 3.8) is 0 Å². The largest absolute Gasteiger partial charge is 0.273 e. The first-order chi connectivity index (χ1) is 8.29. The molecule has 0 saturated carbocycles. The van der Waals surface area contributed by atoms with E-state index in [9.17, 15) is 8.42 Å². The SMILES string of the molecule is CC(C)(C)c1csc(NS(=O)(=O)c2cccs2)n1. The molecule has 2 heterocycles. The minimum Gasteiger partial charge on any atom is -0.254 e. The van der Waals surface area contributed by atoms with Crippen LogP contribution >= 0.6 is 22.7 Å². The molecule has 98 valence electrons. The Morgan fingerprint density at radius 2 is 2.00 bits per heavy atom. The zero-order chi connectivity index (χ0) is 13.4. The molecule has 0 atom stereocenters. The molecule has 0 unspecified atom stereocenters. The Morgan fingerprint density at radius 1 is 1.28 bits per heavy atom. The van der Waals surface area contributed by atoms with Gasteiger partial charge >= 0.3 is 0 Å². The summed E-state index contributed by atoms with van der Waals surface area (Å²) < 4.78 is 26.8. The molecule has 0 fully saturated rings. The molecule has 18 heavy (non-hydrogen) atoms. The van der Waals surface area contributed by atoms with Crippen molar-refractivity contribution in [2.24, 2.45) is 0 Å². The minimum atomic E-state index is -3.49. The zero-order valence-corrected chi connectivity index (χ0v) is 12.7. The highest BCUT2D eigenvalue weighted by Crippen LogP contribution is 2.28. The molecular weight excluding hydrogens is 288 g/mol. The molecule has 2 aromatic rings. The maximum absolute atomic E-state index is 12.0. The van der Waals surface area contributed by atoms with Gasteiger partial charge in [-0.25, -0.2) is 13.4 Å². The maximum atomic E-state index is 12.0. The van der Waals surface area contributed by atoms with Gasteiger partial charge in [-0.15, -0.1) is 22.7 Å². The Labute approximate surface area is 115 Å². The molecule has 0 radical (unpaired) electrons. The lowest BCUT2D eigenvalue weighted by molar-refractivity contribution is 0.573. The highest BCUT2D eigenvalue weighted by molar-refractivity contribution is 7.94. The Balaban J connectivity index is 2.23. The predicted octanol–water partition coefficient (Wildman–Crippen LogP) is 3.30. The molecule has 0 amide bonds. The molecular formula is C11H14N2O2S3. The van der Waals surface area contributed by atoms with Crippen molar-refractivity contribution in [2.75, 3.05) is 4.72 Å². The molecule has 0 aliphatic heterocycles. The van der Waals surface area contributed by atoms with Crippen molar-refractivity contribution in [3.05, 3.63) is 28.6 Å². The Hall–Kier alpha value is -0.920. The third kappa shape index (κ3) is 2.90. The number of thiophene rings is 1. The lowest BCUT2D eigenvalue weighted by atomic mass is 9.93. The Morgan fingerprint density at radius 3 is 2.50 bits per heavy atom. The van der Waals surface area contributed by atoms with Crippen molar-refractivity contribution < 1.29 is 8.42 Å². The molecule has 0 spiro atoms. The molecule has 7 heteroatoms. The van der Waals surface area contributed by atoms with Crippen molar-refractivity contribution in [2.45, 2.75) is 30.4 Å². The van der Waals surface area contributed by atoms with Gasteiger partial charge < -0.3 is 0 Å². The molecule has 0 aliphatic carbocycles. The number of nitrogens with one attached hydrogen (secondary N) is 1. The van der Waals surface area contributed by atoms with Crippen molar-refractivity contribution >= 4 is 37.8 Å². The molecule has 4 nitrogen and oxygen atoms in total. The highest BCUT2D eigenvalue weighted by atomic mass is 32.2. The Kier molecular flexibility index (Phi) is 3.48. The quantitative estimate of drug-likeness (QED) is 0.946. The van der Waals surface area contributed by atoms with Gasteiger partial charge in [0.1, 0.15) is 4.21 Å². The van der Waals surface area contributed by atoms with Gasteiger partial charge in [-0.2, -0.15) is 0 Å². The summed E-state index contributed by atoms with van der Waals surface area (Å²) in [4.78, 5) is 4.31. The average Bonchev–Trinajstić information content (AvgIpc) is 2.83. The molecule has 0 saturated heterocycles. The number of hydrogen-bond acceptors (Lipinski definition) is 5. The van der Waals surface area contributed by atoms with Crippen LogP contribution in [0.1, 0.15) is 26.5 Å². The van der Waals surface area contributed by atoms with Crippen LogP contribution in [-0.2, 0) is 15.4 Å². The number of aromatic nitrogens is 1. The van der Waals surface area contributed by atoms with Crippen LogP contribution in [0.2, 0.25) is 0 Å². The van der Waals surface area contributed by atoms with E-state index in [0.717, 1.165) is 5.69 Å². The first kappa shape index (κ1) is 13.5. The number of anilines is 1. The maximum Gasteiger partial charge on any atom is 0.273 e. The third-order valence-corrected chi connectivity index (χ3v) is 5.88. The van der Waals surface area contributed by atoms with Gasteiger partial charge in [0.05, 0.1) is 5.69 Å². The van der Waals surface area contributed by atoms with Crippen molar-refractivity contribution in [1.82, 2.24) is 4.98 Å². The second-order valence-corrected chi connectivity index (χ2v) is 8.54. The Bertz CT molecular complexity index is 622. The van der Waals surface area contributed by atoms with Crippen LogP contribution in [0.4, 0.5) is 5.13 Å². The first-order valence-corrected chi connectivity index (χ1v) is 8.55. The van der Waals surface area contributed by atoms with Crippen molar-refractivity contribution in [1.29, 1.82) is 0 Å². The fourth-order valence-electron chi connectivity index (χ4n) is 1.25. The van der Waals surface area contributed by atoms with Gasteiger partial charge in [-0.05, 0) is 11.4 Å². The molecule has 0 bridgehead atoms. The minimum absolute atomic E-state index is 0.0802. The summed E-state index contributed by atoms with van der Waals surface area (Å²) in [6, 6.07) is 3.28. The first-order valence-electron chi connectivity index (χ1n) is 5.31. The standard InChI is InChI=1S/C11H14N2O2S3/c1-11(2,3)8-7-17-10(12-8)13-18(14,15)9-5-4-6-16-9/h4-7H,1-3H3,(H,12,13). The topological polar surface area (TPSA) is 59.1 Å². The number of thiazole rings is 1. The molecule has 2 rings (SSSR count). The molecule has 0 aromatic carbocycles. The van der Waals surface area contributed by atoms with Crippen LogP contribution in [0.3, 0.4) is 0 Å². The fraction of sp³-hybridized carbons (Fsp3) is 0.364. The van der Waals surface area contributed by atoms with Gasteiger partial charge in [-0.3, -0.25) is 4.72 Å². The average molecular weight is 302 g/mol. The van der Waals surface area contributed by atoms with Crippen LogP contribution in [0, 0.1) is 0 Å². The van der Waals surface area contributed by atoms with Gasteiger partial charge in [0, 0.05) is 10.8 Å². The summed E-state index contributed by atoms with van der Waals surface area (Å²) in [6.07, 6.45) is 0. The second kappa shape index (κ2) is 4.64. The van der Waals surface area contributed by atoms with Gasteiger partial charge in [0.2, 0.25) is 0 Å². The summed E-state index contributed by atoms with van der Waals surface area (Å²) in [5.41, 5.74) is 0.805. The lowest BCUT2D eigenvalue weighted by Gasteiger charge is -2.14. The summed E-state index contributed by atoms with van der Waals surface area (Å²) in [6.45, 7) is 6.12. The molecule has 0 aliphatic rings. The van der Waals surface area contributed by atoms with Gasteiger partial charge in [-0.1, -0.05) is 26.8 Å². The van der Waals surface area contributed by atoms with E-state index < -0.39 is 10.0 Å². The van der Waals surface area contributed by atoms with Gasteiger partial charge in [0.15, 0.2) is 5.13 Å². The molecule has 2 aromatic heterocycles. The number of nitrogens with zero attached hydrogens (tertiary/aromatic N) is 1. The van der Waals surface area contributed by atoms with E-state index in [4.69, 9.17) is 0 Å². The van der Waals surface area contributed by atoms with E-state index in [1.165, 1.54) is 22.7 Å². The summed E-state index contributed by atoms with van der Waals surface area (Å²) >= 11 is 2.49. The monoisotopic (exact) mass is 302 g/mol. The van der Waals surface area contributed by atoms with Crippen LogP contribution in [0.5, 0.6) is 0 Å². The number of hydrogen-bond donors (Lipinski definition) is 1. The van der Waals surface area contributed by atoms with Crippen LogP contribution < -0.4 is 4.72 Å².